The number of carbonyl (C=O) groups excluding carboxylic acids is 1. The Labute approximate surface area is 146 Å². The van der Waals surface area contributed by atoms with Gasteiger partial charge < -0.3 is 9.80 Å². The minimum atomic E-state index is 0.143. The number of amides is 1. The lowest BCUT2D eigenvalue weighted by molar-refractivity contribution is 0.0747. The van der Waals surface area contributed by atoms with Crippen LogP contribution >= 0.6 is 45.5 Å². The Morgan fingerprint density at radius 1 is 1.14 bits per heavy atom. The smallest absolute Gasteiger partial charge is 0.254 e. The second kappa shape index (κ2) is 6.54. The summed E-state index contributed by atoms with van der Waals surface area (Å²) in [5.41, 5.74) is 1.97. The number of piperazine rings is 1. The van der Waals surface area contributed by atoms with Gasteiger partial charge in [-0.1, -0.05) is 11.6 Å². The van der Waals surface area contributed by atoms with E-state index in [4.69, 9.17) is 11.6 Å². The highest BCUT2D eigenvalue weighted by Gasteiger charge is 2.22. The topological polar surface area (TPSA) is 23.6 Å². The number of anilines is 1. The quantitative estimate of drug-likeness (QED) is 0.671. The Morgan fingerprint density at radius 3 is 2.38 bits per heavy atom. The summed E-state index contributed by atoms with van der Waals surface area (Å²) in [4.78, 5) is 16.6. The lowest BCUT2D eigenvalue weighted by Crippen LogP contribution is -2.48. The zero-order chi connectivity index (χ0) is 14.8. The molecule has 1 aliphatic heterocycles. The molecule has 110 valence electrons. The number of hydrogen-bond donors (Lipinski definition) is 0. The minimum Gasteiger partial charge on any atom is -0.368 e. The van der Waals surface area contributed by atoms with Crippen molar-refractivity contribution in [1.82, 2.24) is 4.90 Å². The van der Waals surface area contributed by atoms with Gasteiger partial charge in [-0.05, 0) is 52.9 Å². The van der Waals surface area contributed by atoms with Crippen molar-refractivity contribution in [2.45, 2.75) is 0 Å². The van der Waals surface area contributed by atoms with Crippen LogP contribution < -0.4 is 4.90 Å². The molecule has 1 amide bonds. The van der Waals surface area contributed by atoms with Crippen LogP contribution in [-0.4, -0.2) is 37.0 Å². The van der Waals surface area contributed by atoms with Crippen molar-refractivity contribution in [3.05, 3.63) is 49.2 Å². The van der Waals surface area contributed by atoms with Crippen molar-refractivity contribution >= 4 is 57.1 Å². The summed E-state index contributed by atoms with van der Waals surface area (Å²) in [6, 6.07) is 9.82. The molecule has 1 aromatic carbocycles. The summed E-state index contributed by atoms with van der Waals surface area (Å²) in [5.74, 6) is 0.143. The van der Waals surface area contributed by atoms with Gasteiger partial charge in [0.05, 0.1) is 8.45 Å². The second-order valence-electron chi connectivity index (χ2n) is 4.90. The lowest BCUT2D eigenvalue weighted by Gasteiger charge is -2.36. The highest BCUT2D eigenvalue weighted by Crippen LogP contribution is 2.21. The number of rotatable bonds is 2. The summed E-state index contributed by atoms with van der Waals surface area (Å²) in [6.07, 6.45) is 0. The van der Waals surface area contributed by atoms with E-state index in [-0.39, 0.29) is 5.91 Å². The SMILES string of the molecule is O=C(c1csc(I)c1)N1CCN(c2ccc(Cl)cc2)CC1. The zero-order valence-corrected chi connectivity index (χ0v) is 15.0. The Balaban J connectivity index is 1.62. The van der Waals surface area contributed by atoms with E-state index < -0.39 is 0 Å². The molecule has 0 spiro atoms. The molecule has 0 saturated carbocycles. The van der Waals surface area contributed by atoms with Gasteiger partial charge in [-0.3, -0.25) is 4.79 Å². The van der Waals surface area contributed by atoms with Crippen molar-refractivity contribution < 1.29 is 4.79 Å². The average Bonchev–Trinajstić information content (AvgIpc) is 2.94. The second-order valence-corrected chi connectivity index (χ2v) is 8.14. The van der Waals surface area contributed by atoms with Gasteiger partial charge in [-0.25, -0.2) is 0 Å². The van der Waals surface area contributed by atoms with Crippen LogP contribution in [0, 0.1) is 2.88 Å². The minimum absolute atomic E-state index is 0.143. The van der Waals surface area contributed by atoms with Crippen molar-refractivity contribution in [2.24, 2.45) is 0 Å². The maximum Gasteiger partial charge on any atom is 0.254 e. The van der Waals surface area contributed by atoms with Gasteiger partial charge in [0.2, 0.25) is 0 Å². The van der Waals surface area contributed by atoms with E-state index in [1.165, 1.54) is 0 Å². The Bertz CT molecular complexity index is 635. The van der Waals surface area contributed by atoms with Gasteiger partial charge in [-0.15, -0.1) is 11.3 Å². The van der Waals surface area contributed by atoms with E-state index >= 15 is 0 Å². The lowest BCUT2D eigenvalue weighted by atomic mass is 10.2. The maximum atomic E-state index is 12.4. The highest BCUT2D eigenvalue weighted by atomic mass is 127. The summed E-state index contributed by atoms with van der Waals surface area (Å²) >= 11 is 9.77. The summed E-state index contributed by atoms with van der Waals surface area (Å²) in [5, 5.41) is 2.69. The number of hydrogen-bond acceptors (Lipinski definition) is 3. The van der Waals surface area contributed by atoms with Crippen molar-refractivity contribution in [2.75, 3.05) is 31.1 Å². The van der Waals surface area contributed by atoms with Gasteiger partial charge >= 0.3 is 0 Å². The van der Waals surface area contributed by atoms with E-state index in [1.807, 2.05) is 40.6 Å². The van der Waals surface area contributed by atoms with Crippen LogP contribution in [0.4, 0.5) is 5.69 Å². The van der Waals surface area contributed by atoms with Crippen LogP contribution in [0.25, 0.3) is 0 Å². The van der Waals surface area contributed by atoms with Crippen LogP contribution in [0.5, 0.6) is 0 Å². The Morgan fingerprint density at radius 2 is 1.81 bits per heavy atom. The summed E-state index contributed by atoms with van der Waals surface area (Å²) in [7, 11) is 0. The van der Waals surface area contributed by atoms with Gasteiger partial charge in [-0.2, -0.15) is 0 Å². The fraction of sp³-hybridized carbons (Fsp3) is 0.267. The van der Waals surface area contributed by atoms with Crippen LogP contribution in [0.15, 0.2) is 35.7 Å². The third kappa shape index (κ3) is 3.52. The maximum absolute atomic E-state index is 12.4. The molecule has 6 heteroatoms. The fourth-order valence-corrected chi connectivity index (χ4v) is 3.87. The molecule has 2 heterocycles. The Hall–Kier alpha value is -0.790. The molecule has 3 rings (SSSR count). The molecule has 0 radical (unpaired) electrons. The molecule has 0 bridgehead atoms. The molecule has 0 aliphatic carbocycles. The fourth-order valence-electron chi connectivity index (χ4n) is 2.42. The standard InChI is InChI=1S/C15H14ClIN2OS/c16-12-1-3-13(4-2-12)18-5-7-19(8-6-18)15(20)11-9-14(17)21-10-11/h1-4,9-10H,5-8H2. The number of benzene rings is 1. The number of thiophene rings is 1. The van der Waals surface area contributed by atoms with E-state index in [9.17, 15) is 4.79 Å². The van der Waals surface area contributed by atoms with Crippen molar-refractivity contribution in [3.63, 3.8) is 0 Å². The highest BCUT2D eigenvalue weighted by molar-refractivity contribution is 14.1. The first-order chi connectivity index (χ1) is 10.1. The molecular formula is C15H14ClIN2OS. The number of nitrogens with zero attached hydrogens (tertiary/aromatic N) is 2. The molecule has 0 unspecified atom stereocenters. The molecule has 21 heavy (non-hydrogen) atoms. The van der Waals surface area contributed by atoms with Crippen LogP contribution in [0.1, 0.15) is 10.4 Å². The van der Waals surface area contributed by atoms with E-state index in [0.29, 0.717) is 0 Å². The molecule has 0 atom stereocenters. The van der Waals surface area contributed by atoms with Gasteiger partial charge in [0.15, 0.2) is 0 Å². The average molecular weight is 433 g/mol. The van der Waals surface area contributed by atoms with Gasteiger partial charge in [0.25, 0.3) is 5.91 Å². The monoisotopic (exact) mass is 432 g/mol. The third-order valence-corrected chi connectivity index (χ3v) is 5.61. The van der Waals surface area contributed by atoms with Crippen LogP contribution in [0.3, 0.4) is 0 Å². The molecule has 3 nitrogen and oxygen atoms in total. The van der Waals surface area contributed by atoms with E-state index in [1.54, 1.807) is 11.3 Å². The van der Waals surface area contributed by atoms with E-state index in [2.05, 4.69) is 27.5 Å². The number of carbonyl (C=O) groups is 1. The summed E-state index contributed by atoms with van der Waals surface area (Å²) < 4.78 is 1.15. The van der Waals surface area contributed by atoms with Crippen LogP contribution in [-0.2, 0) is 0 Å². The van der Waals surface area contributed by atoms with Gasteiger partial charge in [0.1, 0.15) is 0 Å². The molecule has 2 aromatic rings. The molecule has 0 N–H and O–H groups in total. The zero-order valence-electron chi connectivity index (χ0n) is 11.3. The van der Waals surface area contributed by atoms with Crippen LogP contribution in [0.2, 0.25) is 5.02 Å². The molecule has 1 aliphatic rings. The van der Waals surface area contributed by atoms with E-state index in [0.717, 1.165) is 45.3 Å². The normalized spacial score (nSPS) is 15.3. The summed E-state index contributed by atoms with van der Waals surface area (Å²) in [6.45, 7) is 3.23. The first-order valence-electron chi connectivity index (χ1n) is 6.67. The third-order valence-electron chi connectivity index (χ3n) is 3.57. The predicted octanol–water partition coefficient (Wildman–Crippen LogP) is 3.97. The Kier molecular flexibility index (Phi) is 4.71. The van der Waals surface area contributed by atoms with Crippen molar-refractivity contribution in [1.29, 1.82) is 0 Å². The largest absolute Gasteiger partial charge is 0.368 e. The molecular weight excluding hydrogens is 419 g/mol. The number of halogens is 2. The van der Waals surface area contributed by atoms with Crippen molar-refractivity contribution in [3.8, 4) is 0 Å². The first kappa shape index (κ1) is 15.1. The first-order valence-corrected chi connectivity index (χ1v) is 9.01. The predicted molar refractivity (Wildman–Crippen MR) is 96.6 cm³/mol. The molecule has 1 fully saturated rings. The van der Waals surface area contributed by atoms with Gasteiger partial charge in [0, 0.05) is 42.3 Å². The molecule has 1 aromatic heterocycles. The molecule has 1 saturated heterocycles.